The molecule has 0 spiro atoms. The lowest BCUT2D eigenvalue weighted by Gasteiger charge is -2.34. The minimum atomic E-state index is -1.46. The summed E-state index contributed by atoms with van der Waals surface area (Å²) in [6.45, 7) is 2.91. The van der Waals surface area contributed by atoms with Crippen molar-refractivity contribution in [3.05, 3.63) is 59.7 Å². The maximum Gasteiger partial charge on any atom is 0.407 e. The molecule has 2 N–H and O–H groups in total. The number of amides is 2. The van der Waals surface area contributed by atoms with Gasteiger partial charge in [-0.05, 0) is 48.9 Å². The first-order chi connectivity index (χ1) is 16.2. The summed E-state index contributed by atoms with van der Waals surface area (Å²) in [5.74, 6) is -1.85. The smallest absolute Gasteiger partial charge is 0.407 e. The van der Waals surface area contributed by atoms with Crippen LogP contribution < -0.4 is 5.32 Å². The molecule has 0 saturated carbocycles. The van der Waals surface area contributed by atoms with E-state index in [1.807, 2.05) is 54.6 Å². The zero-order chi connectivity index (χ0) is 24.9. The first kappa shape index (κ1) is 24.8. The van der Waals surface area contributed by atoms with Gasteiger partial charge in [0, 0.05) is 19.4 Å². The molecule has 3 rings (SSSR count). The van der Waals surface area contributed by atoms with Crippen molar-refractivity contribution >= 4 is 18.0 Å². The van der Waals surface area contributed by atoms with Crippen molar-refractivity contribution in [1.29, 1.82) is 5.26 Å². The quantitative estimate of drug-likeness (QED) is 0.544. The highest BCUT2D eigenvalue weighted by Crippen LogP contribution is 2.44. The van der Waals surface area contributed by atoms with Crippen molar-refractivity contribution in [2.75, 3.05) is 13.7 Å². The Kier molecular flexibility index (Phi) is 7.57. The van der Waals surface area contributed by atoms with Crippen LogP contribution >= 0.6 is 0 Å². The van der Waals surface area contributed by atoms with Crippen molar-refractivity contribution in [2.45, 2.75) is 50.6 Å². The predicted molar refractivity (Wildman–Crippen MR) is 126 cm³/mol. The molecular weight excluding hydrogens is 434 g/mol. The predicted octanol–water partition coefficient (Wildman–Crippen LogP) is 3.91. The van der Waals surface area contributed by atoms with E-state index < -0.39 is 29.6 Å². The van der Waals surface area contributed by atoms with E-state index in [0.29, 0.717) is 6.42 Å². The average molecular weight is 464 g/mol. The standard InChI is InChI=1S/C26H29N3O5/c1-26(2,24(31)32)29(3)23(30)22(14-8-9-15-27)28-25(33)34-16-21-19-12-6-4-10-17(19)18-11-5-7-13-20(18)21/h4-7,10-13,21-22H,8-9,14,16H2,1-3H3,(H,28,33)(H,31,32). The Morgan fingerprint density at radius 1 is 1.12 bits per heavy atom. The Morgan fingerprint density at radius 3 is 2.21 bits per heavy atom. The zero-order valence-corrected chi connectivity index (χ0v) is 19.6. The topological polar surface area (TPSA) is 120 Å². The van der Waals surface area contributed by atoms with Crippen LogP contribution in [0.15, 0.2) is 48.5 Å². The van der Waals surface area contributed by atoms with E-state index in [4.69, 9.17) is 10.00 Å². The van der Waals surface area contributed by atoms with Crippen molar-refractivity contribution in [2.24, 2.45) is 0 Å². The monoisotopic (exact) mass is 463 g/mol. The van der Waals surface area contributed by atoms with E-state index in [9.17, 15) is 19.5 Å². The molecule has 0 aliphatic heterocycles. The number of nitriles is 1. The van der Waals surface area contributed by atoms with E-state index in [0.717, 1.165) is 27.2 Å². The van der Waals surface area contributed by atoms with Crippen LogP contribution in [0.5, 0.6) is 0 Å². The Bertz CT molecular complexity index is 1080. The number of benzene rings is 2. The summed E-state index contributed by atoms with van der Waals surface area (Å²) in [6.07, 6.45) is 0.00943. The molecule has 0 aromatic heterocycles. The van der Waals surface area contributed by atoms with Crippen molar-refractivity contribution in [3.63, 3.8) is 0 Å². The number of hydrogen-bond acceptors (Lipinski definition) is 5. The molecule has 2 aromatic carbocycles. The Labute approximate surface area is 199 Å². The number of likely N-dealkylation sites (N-methyl/N-ethyl adjacent to an activating group) is 1. The number of carbonyl (C=O) groups excluding carboxylic acids is 2. The molecule has 0 saturated heterocycles. The third kappa shape index (κ3) is 5.04. The van der Waals surface area contributed by atoms with Crippen LogP contribution in [-0.2, 0) is 14.3 Å². The van der Waals surface area contributed by atoms with Gasteiger partial charge in [0.2, 0.25) is 5.91 Å². The number of hydrogen-bond donors (Lipinski definition) is 2. The van der Waals surface area contributed by atoms with E-state index in [1.54, 1.807) is 0 Å². The zero-order valence-electron chi connectivity index (χ0n) is 19.6. The molecule has 34 heavy (non-hydrogen) atoms. The van der Waals surface area contributed by atoms with Crippen molar-refractivity contribution < 1.29 is 24.2 Å². The fourth-order valence-corrected chi connectivity index (χ4v) is 4.08. The summed E-state index contributed by atoms with van der Waals surface area (Å²) >= 11 is 0. The number of rotatable bonds is 9. The van der Waals surface area contributed by atoms with Gasteiger partial charge in [0.1, 0.15) is 18.2 Å². The van der Waals surface area contributed by atoms with Crippen LogP contribution in [-0.4, -0.2) is 53.2 Å². The SMILES string of the molecule is CN(C(=O)C(CCCC#N)NC(=O)OCC1c2ccccc2-c2ccccc21)C(C)(C)C(=O)O. The average Bonchev–Trinajstić information content (AvgIpc) is 3.15. The highest BCUT2D eigenvalue weighted by atomic mass is 16.5. The van der Waals surface area contributed by atoms with Crippen LogP contribution in [0.25, 0.3) is 11.1 Å². The van der Waals surface area contributed by atoms with Gasteiger partial charge in [-0.15, -0.1) is 0 Å². The van der Waals surface area contributed by atoms with Gasteiger partial charge in [0.15, 0.2) is 0 Å². The van der Waals surface area contributed by atoms with Gasteiger partial charge < -0.3 is 20.1 Å². The van der Waals surface area contributed by atoms with Gasteiger partial charge in [0.25, 0.3) is 0 Å². The number of fused-ring (bicyclic) bond motifs is 3. The third-order valence-corrected chi connectivity index (χ3v) is 6.41. The summed E-state index contributed by atoms with van der Waals surface area (Å²) < 4.78 is 5.54. The van der Waals surface area contributed by atoms with E-state index >= 15 is 0 Å². The summed E-state index contributed by atoms with van der Waals surface area (Å²) in [7, 11) is 1.38. The first-order valence-electron chi connectivity index (χ1n) is 11.2. The molecule has 0 fully saturated rings. The largest absolute Gasteiger partial charge is 0.480 e. The first-order valence-corrected chi connectivity index (χ1v) is 11.2. The molecule has 8 nitrogen and oxygen atoms in total. The number of carboxylic acids is 1. The van der Waals surface area contributed by atoms with E-state index in [-0.39, 0.29) is 25.4 Å². The molecule has 2 aromatic rings. The molecule has 0 radical (unpaired) electrons. The molecule has 178 valence electrons. The Hall–Kier alpha value is -3.86. The molecule has 1 aliphatic rings. The van der Waals surface area contributed by atoms with E-state index in [1.165, 1.54) is 20.9 Å². The van der Waals surface area contributed by atoms with Crippen LogP contribution in [0.1, 0.15) is 50.2 Å². The number of unbranched alkanes of at least 4 members (excludes halogenated alkanes) is 1. The molecule has 8 heteroatoms. The Morgan fingerprint density at radius 2 is 1.68 bits per heavy atom. The second-order valence-corrected chi connectivity index (χ2v) is 8.83. The molecule has 2 amide bonds. The maximum absolute atomic E-state index is 13.0. The summed E-state index contributed by atoms with van der Waals surface area (Å²) in [5, 5.41) is 20.9. The highest BCUT2D eigenvalue weighted by Gasteiger charge is 2.38. The number of nitrogens with zero attached hydrogens (tertiary/aromatic N) is 2. The lowest BCUT2D eigenvalue weighted by Crippen LogP contribution is -2.57. The second-order valence-electron chi connectivity index (χ2n) is 8.83. The summed E-state index contributed by atoms with van der Waals surface area (Å²) in [5.41, 5.74) is 2.89. The maximum atomic E-state index is 13.0. The number of carbonyl (C=O) groups is 3. The van der Waals surface area contributed by atoms with Gasteiger partial charge >= 0.3 is 12.1 Å². The van der Waals surface area contributed by atoms with Crippen LogP contribution in [0, 0.1) is 11.3 Å². The third-order valence-electron chi connectivity index (χ3n) is 6.41. The number of aliphatic carboxylic acids is 1. The number of nitrogens with one attached hydrogen (secondary N) is 1. The van der Waals surface area contributed by atoms with Gasteiger partial charge in [-0.3, -0.25) is 4.79 Å². The fraction of sp³-hybridized carbons (Fsp3) is 0.385. The minimum absolute atomic E-state index is 0.0927. The van der Waals surface area contributed by atoms with Gasteiger partial charge in [-0.1, -0.05) is 48.5 Å². The summed E-state index contributed by atoms with van der Waals surface area (Å²) in [4.78, 5) is 38.4. The minimum Gasteiger partial charge on any atom is -0.480 e. The van der Waals surface area contributed by atoms with Gasteiger partial charge in [0.05, 0.1) is 6.07 Å². The lowest BCUT2D eigenvalue weighted by atomic mass is 9.98. The van der Waals surface area contributed by atoms with Crippen molar-refractivity contribution in [3.8, 4) is 17.2 Å². The highest BCUT2D eigenvalue weighted by molar-refractivity contribution is 5.90. The van der Waals surface area contributed by atoms with Crippen LogP contribution in [0.4, 0.5) is 4.79 Å². The fourth-order valence-electron chi connectivity index (χ4n) is 4.08. The second kappa shape index (κ2) is 10.4. The molecule has 1 aliphatic carbocycles. The number of carboxylic acid groups (broad SMARTS) is 1. The van der Waals surface area contributed by atoms with Crippen LogP contribution in [0.2, 0.25) is 0 Å². The van der Waals surface area contributed by atoms with Crippen LogP contribution in [0.3, 0.4) is 0 Å². The van der Waals surface area contributed by atoms with Crippen molar-refractivity contribution in [1.82, 2.24) is 10.2 Å². The summed E-state index contributed by atoms with van der Waals surface area (Å²) in [6, 6.07) is 16.9. The van der Waals surface area contributed by atoms with Gasteiger partial charge in [-0.25, -0.2) is 9.59 Å². The lowest BCUT2D eigenvalue weighted by molar-refractivity contribution is -0.156. The number of ether oxygens (including phenoxy) is 1. The normalized spacial score (nSPS) is 13.2. The molecular formula is C26H29N3O5. The Balaban J connectivity index is 1.71. The van der Waals surface area contributed by atoms with E-state index in [2.05, 4.69) is 5.32 Å². The molecule has 0 heterocycles. The number of alkyl carbamates (subject to hydrolysis) is 1. The van der Waals surface area contributed by atoms with Gasteiger partial charge in [-0.2, -0.15) is 5.26 Å². The molecule has 1 unspecified atom stereocenters. The molecule has 0 bridgehead atoms. The molecule has 1 atom stereocenters.